The van der Waals surface area contributed by atoms with Crippen molar-refractivity contribution in [2.24, 2.45) is 11.3 Å². The first kappa shape index (κ1) is 28.8. The summed E-state index contributed by atoms with van der Waals surface area (Å²) in [7, 11) is 3.73. The number of benzene rings is 1. The van der Waals surface area contributed by atoms with Crippen molar-refractivity contribution in [1.82, 2.24) is 20.9 Å². The van der Waals surface area contributed by atoms with Gasteiger partial charge in [0.2, 0.25) is 0 Å². The molecule has 8 nitrogen and oxygen atoms in total. The second-order valence-corrected chi connectivity index (χ2v) is 12.1. The number of hydrogen-bond acceptors (Lipinski definition) is 8. The Kier molecular flexibility index (Phi) is 9.31. The molecule has 1 aromatic heterocycles. The van der Waals surface area contributed by atoms with Crippen LogP contribution in [-0.4, -0.2) is 63.5 Å². The highest BCUT2D eigenvalue weighted by atomic mass is 16.5. The number of methoxy groups -OCH3 is 1. The normalized spacial score (nSPS) is 26.3. The van der Waals surface area contributed by atoms with Crippen LogP contribution in [-0.2, 0) is 16.0 Å². The molecule has 2 aliphatic heterocycles. The summed E-state index contributed by atoms with van der Waals surface area (Å²) in [5.74, 6) is 1.79. The third-order valence-electron chi connectivity index (χ3n) is 7.86. The molecule has 4 rings (SSSR count). The zero-order valence-corrected chi connectivity index (χ0v) is 24.3. The van der Waals surface area contributed by atoms with Crippen molar-refractivity contribution < 1.29 is 9.47 Å². The summed E-state index contributed by atoms with van der Waals surface area (Å²) in [5.41, 5.74) is 3.24. The first-order chi connectivity index (χ1) is 18.2. The third kappa shape index (κ3) is 6.85. The Morgan fingerprint density at radius 1 is 1.18 bits per heavy atom. The van der Waals surface area contributed by atoms with Crippen LogP contribution in [0.15, 0.2) is 42.5 Å². The molecule has 0 amide bonds. The fourth-order valence-corrected chi connectivity index (χ4v) is 5.67. The lowest BCUT2D eigenvalue weighted by molar-refractivity contribution is -0.0581. The highest BCUT2D eigenvalue weighted by Gasteiger charge is 2.52. The van der Waals surface area contributed by atoms with E-state index in [-0.39, 0.29) is 23.5 Å². The summed E-state index contributed by atoms with van der Waals surface area (Å²) in [4.78, 5) is 7.44. The van der Waals surface area contributed by atoms with Crippen LogP contribution in [0.25, 0.3) is 0 Å². The summed E-state index contributed by atoms with van der Waals surface area (Å²) >= 11 is 0. The van der Waals surface area contributed by atoms with Crippen LogP contribution in [0.4, 0.5) is 11.5 Å². The maximum absolute atomic E-state index is 6.35. The average molecular weight is 525 g/mol. The fourth-order valence-electron chi connectivity index (χ4n) is 5.67. The zero-order chi connectivity index (χ0) is 27.3. The standard InChI is InChI=1S/C30H48N6O2/c1-8-21(18-37-7)22-12-14-23(15-13-22)34-28-32-17-25-27(35-28)36(19-30(25,5)20-38-29(2,3)4)26-11-9-10-24(33-26)16-31-6/h9-15,21,25,27-28,31-32,34-35H,8,16-20H2,1-7H3/t21-,25?,27?,28?,30-/m0/s1. The molecule has 0 aliphatic carbocycles. The van der Waals surface area contributed by atoms with Crippen molar-refractivity contribution >= 4 is 11.5 Å². The number of rotatable bonds is 11. The number of hydrogen-bond donors (Lipinski definition) is 4. The minimum absolute atomic E-state index is 0.0260. The SMILES string of the molecule is CC[C@@H](COC)c1ccc(NC2NCC3C(N2)N(c2cccc(CNC)n2)C[C@@]3(C)COC(C)(C)C)cc1. The van der Waals surface area contributed by atoms with E-state index in [1.165, 1.54) is 5.56 Å². The average Bonchev–Trinajstić information content (AvgIpc) is 3.19. The Bertz CT molecular complexity index is 1030. The molecule has 0 saturated carbocycles. The first-order valence-electron chi connectivity index (χ1n) is 14.0. The molecular formula is C30H48N6O2. The van der Waals surface area contributed by atoms with Gasteiger partial charge in [-0.1, -0.05) is 32.0 Å². The molecule has 2 aromatic rings. The van der Waals surface area contributed by atoms with Crippen molar-refractivity contribution in [3.05, 3.63) is 53.7 Å². The number of aromatic nitrogens is 1. The number of nitrogens with zero attached hydrogens (tertiary/aromatic N) is 2. The lowest BCUT2D eigenvalue weighted by Crippen LogP contribution is -2.65. The maximum Gasteiger partial charge on any atom is 0.133 e. The van der Waals surface area contributed by atoms with E-state index in [0.717, 1.165) is 49.9 Å². The number of anilines is 2. The van der Waals surface area contributed by atoms with Gasteiger partial charge in [0.05, 0.1) is 30.7 Å². The molecular weight excluding hydrogens is 476 g/mol. The van der Waals surface area contributed by atoms with Gasteiger partial charge in [-0.3, -0.25) is 10.6 Å². The predicted molar refractivity (Wildman–Crippen MR) is 155 cm³/mol. The Hall–Kier alpha value is -2.23. The van der Waals surface area contributed by atoms with E-state index in [1.807, 2.05) is 7.05 Å². The molecule has 4 N–H and O–H groups in total. The second kappa shape index (κ2) is 12.3. The molecule has 5 atom stereocenters. The molecule has 3 unspecified atom stereocenters. The highest BCUT2D eigenvalue weighted by Crippen LogP contribution is 2.43. The van der Waals surface area contributed by atoms with Gasteiger partial charge in [0.15, 0.2) is 0 Å². The Labute approximate surface area is 229 Å². The van der Waals surface area contributed by atoms with Crippen LogP contribution >= 0.6 is 0 Å². The quantitative estimate of drug-likeness (QED) is 0.350. The molecule has 0 bridgehead atoms. The van der Waals surface area contributed by atoms with Gasteiger partial charge in [0, 0.05) is 49.7 Å². The van der Waals surface area contributed by atoms with E-state index in [9.17, 15) is 0 Å². The molecule has 8 heteroatoms. The molecule has 2 saturated heterocycles. The molecule has 0 spiro atoms. The number of fused-ring (bicyclic) bond motifs is 1. The fraction of sp³-hybridized carbons (Fsp3) is 0.633. The maximum atomic E-state index is 6.35. The van der Waals surface area contributed by atoms with Crippen LogP contribution in [0.1, 0.15) is 58.2 Å². The van der Waals surface area contributed by atoms with E-state index in [0.29, 0.717) is 18.4 Å². The summed E-state index contributed by atoms with van der Waals surface area (Å²) < 4.78 is 11.8. The lowest BCUT2D eigenvalue weighted by Gasteiger charge is -2.42. The van der Waals surface area contributed by atoms with Gasteiger partial charge >= 0.3 is 0 Å². The number of nitrogens with one attached hydrogen (secondary N) is 4. The summed E-state index contributed by atoms with van der Waals surface area (Å²) in [5, 5.41) is 14.4. The number of ether oxygens (including phenoxy) is 2. The van der Waals surface area contributed by atoms with Gasteiger partial charge in [0.1, 0.15) is 12.1 Å². The molecule has 2 aliphatic rings. The molecule has 38 heavy (non-hydrogen) atoms. The zero-order valence-electron chi connectivity index (χ0n) is 24.3. The molecule has 2 fully saturated rings. The van der Waals surface area contributed by atoms with Crippen LogP contribution in [0, 0.1) is 11.3 Å². The van der Waals surface area contributed by atoms with Crippen molar-refractivity contribution in [3.8, 4) is 0 Å². The van der Waals surface area contributed by atoms with E-state index in [4.69, 9.17) is 14.5 Å². The van der Waals surface area contributed by atoms with Crippen molar-refractivity contribution in [2.75, 3.05) is 50.7 Å². The smallest absolute Gasteiger partial charge is 0.133 e. The molecule has 1 aromatic carbocycles. The van der Waals surface area contributed by atoms with E-state index < -0.39 is 0 Å². The molecule has 0 radical (unpaired) electrons. The van der Waals surface area contributed by atoms with Crippen molar-refractivity contribution in [1.29, 1.82) is 0 Å². The predicted octanol–water partition coefficient (Wildman–Crippen LogP) is 4.11. The minimum atomic E-state index is -0.178. The van der Waals surface area contributed by atoms with E-state index in [1.54, 1.807) is 7.11 Å². The van der Waals surface area contributed by atoms with Gasteiger partial charge in [-0.25, -0.2) is 4.98 Å². The monoisotopic (exact) mass is 524 g/mol. The summed E-state index contributed by atoms with van der Waals surface area (Å²) in [6, 6.07) is 15.1. The second-order valence-electron chi connectivity index (χ2n) is 12.1. The number of pyridine rings is 1. The van der Waals surface area contributed by atoms with Crippen LogP contribution < -0.4 is 26.2 Å². The third-order valence-corrected chi connectivity index (χ3v) is 7.86. The summed E-state index contributed by atoms with van der Waals surface area (Å²) in [6.45, 7) is 14.9. The van der Waals surface area contributed by atoms with E-state index in [2.05, 4.69) is 103 Å². The Balaban J connectivity index is 1.52. The van der Waals surface area contributed by atoms with Gasteiger partial charge in [-0.15, -0.1) is 0 Å². The van der Waals surface area contributed by atoms with Crippen LogP contribution in [0.2, 0.25) is 0 Å². The minimum Gasteiger partial charge on any atom is -0.384 e. The largest absolute Gasteiger partial charge is 0.384 e. The van der Waals surface area contributed by atoms with Gasteiger partial charge in [-0.05, 0) is 64.1 Å². The topological polar surface area (TPSA) is 82.7 Å². The van der Waals surface area contributed by atoms with Crippen LogP contribution in [0.3, 0.4) is 0 Å². The molecule has 210 valence electrons. The van der Waals surface area contributed by atoms with Gasteiger partial charge in [-0.2, -0.15) is 0 Å². The van der Waals surface area contributed by atoms with E-state index >= 15 is 0 Å². The van der Waals surface area contributed by atoms with Gasteiger partial charge in [0.25, 0.3) is 0 Å². The molecule has 3 heterocycles. The lowest BCUT2D eigenvalue weighted by atomic mass is 9.78. The van der Waals surface area contributed by atoms with Gasteiger partial charge < -0.3 is 25.0 Å². The van der Waals surface area contributed by atoms with Crippen molar-refractivity contribution in [2.45, 2.75) is 71.6 Å². The van der Waals surface area contributed by atoms with Crippen LogP contribution in [0.5, 0.6) is 0 Å². The Morgan fingerprint density at radius 3 is 2.61 bits per heavy atom. The Morgan fingerprint density at radius 2 is 1.95 bits per heavy atom. The van der Waals surface area contributed by atoms with Crippen molar-refractivity contribution in [3.63, 3.8) is 0 Å². The summed E-state index contributed by atoms with van der Waals surface area (Å²) in [6.07, 6.45) is 1.13. The first-order valence-corrected chi connectivity index (χ1v) is 14.0. The highest BCUT2D eigenvalue weighted by molar-refractivity contribution is 5.47.